The van der Waals surface area contributed by atoms with Crippen molar-refractivity contribution in [3.05, 3.63) is 0 Å². The van der Waals surface area contributed by atoms with E-state index in [1.807, 2.05) is 6.92 Å². The zero-order valence-electron chi connectivity index (χ0n) is 14.4. The van der Waals surface area contributed by atoms with Crippen molar-refractivity contribution in [2.45, 2.75) is 78.2 Å². The molecule has 2 atom stereocenters. The molecule has 0 aliphatic carbocycles. The van der Waals surface area contributed by atoms with E-state index < -0.39 is 11.5 Å². The summed E-state index contributed by atoms with van der Waals surface area (Å²) < 4.78 is 5.75. The van der Waals surface area contributed by atoms with Gasteiger partial charge in [-0.3, -0.25) is 4.79 Å². The van der Waals surface area contributed by atoms with Crippen LogP contribution in [0.2, 0.25) is 0 Å². The van der Waals surface area contributed by atoms with E-state index in [0.29, 0.717) is 18.9 Å². The molecule has 0 heterocycles. The topological polar surface area (TPSA) is 58.6 Å². The van der Waals surface area contributed by atoms with Crippen molar-refractivity contribution >= 4 is 5.97 Å². The van der Waals surface area contributed by atoms with Gasteiger partial charge in [0.15, 0.2) is 0 Å². The van der Waals surface area contributed by atoms with E-state index in [2.05, 4.69) is 19.2 Å². The number of likely N-dealkylation sites (N-methyl/N-ethyl adjacent to an activating group) is 1. The van der Waals surface area contributed by atoms with Crippen molar-refractivity contribution in [2.24, 2.45) is 5.92 Å². The van der Waals surface area contributed by atoms with Crippen LogP contribution in [0, 0.1) is 5.92 Å². The highest BCUT2D eigenvalue weighted by Gasteiger charge is 2.30. The molecular formula is C17H35NO3. The fraction of sp³-hybridized carbons (Fsp3) is 0.941. The van der Waals surface area contributed by atoms with Gasteiger partial charge in [0.2, 0.25) is 0 Å². The summed E-state index contributed by atoms with van der Waals surface area (Å²) in [5, 5.41) is 12.3. The van der Waals surface area contributed by atoms with Crippen molar-refractivity contribution in [1.29, 1.82) is 0 Å². The normalized spacial score (nSPS) is 15.6. The summed E-state index contributed by atoms with van der Waals surface area (Å²) in [4.78, 5) is 11.3. The zero-order valence-corrected chi connectivity index (χ0v) is 14.4. The van der Waals surface area contributed by atoms with Crippen LogP contribution in [0.4, 0.5) is 0 Å². The Morgan fingerprint density at radius 1 is 1.24 bits per heavy atom. The lowest BCUT2D eigenvalue weighted by molar-refractivity contribution is -0.144. The lowest BCUT2D eigenvalue weighted by atomic mass is 9.95. The van der Waals surface area contributed by atoms with Crippen LogP contribution >= 0.6 is 0 Å². The number of nitrogens with one attached hydrogen (secondary N) is 1. The molecule has 4 nitrogen and oxygen atoms in total. The molecule has 2 unspecified atom stereocenters. The molecule has 0 radical (unpaired) electrons. The van der Waals surface area contributed by atoms with Gasteiger partial charge in [-0.05, 0) is 45.1 Å². The standard InChI is InChI=1S/C17H35NO3/c1-5-8-11-15(6-2)14-21-13-10-9-12-17(4,16(19)20)18-7-3/h15,18H,5-14H2,1-4H3,(H,19,20). The first-order valence-electron chi connectivity index (χ1n) is 8.56. The quantitative estimate of drug-likeness (QED) is 0.479. The van der Waals surface area contributed by atoms with Crippen LogP contribution in [0.15, 0.2) is 0 Å². The van der Waals surface area contributed by atoms with Gasteiger partial charge in [-0.1, -0.05) is 40.0 Å². The molecule has 21 heavy (non-hydrogen) atoms. The molecule has 0 saturated carbocycles. The van der Waals surface area contributed by atoms with Crippen LogP contribution in [0.25, 0.3) is 0 Å². The zero-order chi connectivity index (χ0) is 16.1. The summed E-state index contributed by atoms with van der Waals surface area (Å²) in [7, 11) is 0. The van der Waals surface area contributed by atoms with Gasteiger partial charge in [-0.25, -0.2) is 0 Å². The van der Waals surface area contributed by atoms with Gasteiger partial charge < -0.3 is 15.2 Å². The van der Waals surface area contributed by atoms with Crippen LogP contribution < -0.4 is 5.32 Å². The summed E-state index contributed by atoms with van der Waals surface area (Å²) in [5.74, 6) is -0.0909. The Hall–Kier alpha value is -0.610. The van der Waals surface area contributed by atoms with Gasteiger partial charge in [-0.15, -0.1) is 0 Å². The molecule has 4 heteroatoms. The van der Waals surface area contributed by atoms with E-state index in [4.69, 9.17) is 4.74 Å². The van der Waals surface area contributed by atoms with Crippen molar-refractivity contribution in [2.75, 3.05) is 19.8 Å². The third kappa shape index (κ3) is 9.10. The molecule has 2 N–H and O–H groups in total. The predicted molar refractivity (Wildman–Crippen MR) is 87.7 cm³/mol. The maximum atomic E-state index is 11.3. The molecule has 0 aromatic carbocycles. The van der Waals surface area contributed by atoms with E-state index in [0.717, 1.165) is 26.1 Å². The fourth-order valence-corrected chi connectivity index (χ4v) is 2.49. The van der Waals surface area contributed by atoms with Gasteiger partial charge in [-0.2, -0.15) is 0 Å². The summed E-state index contributed by atoms with van der Waals surface area (Å²) >= 11 is 0. The Morgan fingerprint density at radius 2 is 1.95 bits per heavy atom. The molecule has 0 aromatic rings. The van der Waals surface area contributed by atoms with Crippen LogP contribution in [-0.2, 0) is 9.53 Å². The molecule has 0 amide bonds. The first-order valence-corrected chi connectivity index (χ1v) is 8.56. The van der Waals surface area contributed by atoms with E-state index in [1.165, 1.54) is 25.7 Å². The largest absolute Gasteiger partial charge is 0.480 e. The number of carboxylic acids is 1. The number of hydrogen-bond donors (Lipinski definition) is 2. The van der Waals surface area contributed by atoms with E-state index in [1.54, 1.807) is 6.92 Å². The molecule has 0 saturated heterocycles. The molecule has 0 aromatic heterocycles. The average molecular weight is 301 g/mol. The minimum atomic E-state index is -0.804. The second-order valence-electron chi connectivity index (χ2n) is 6.12. The predicted octanol–water partition coefficient (Wildman–Crippen LogP) is 3.84. The smallest absolute Gasteiger partial charge is 0.323 e. The maximum absolute atomic E-state index is 11.3. The Balaban J connectivity index is 3.77. The molecule has 0 fully saturated rings. The van der Waals surface area contributed by atoms with Crippen LogP contribution in [0.5, 0.6) is 0 Å². The summed E-state index contributed by atoms with van der Waals surface area (Å²) in [6, 6.07) is 0. The first-order chi connectivity index (χ1) is 10.00. The minimum absolute atomic E-state index is 0.645. The highest BCUT2D eigenvalue weighted by atomic mass is 16.5. The highest BCUT2D eigenvalue weighted by Crippen LogP contribution is 2.15. The lowest BCUT2D eigenvalue weighted by Crippen LogP contribution is -2.49. The van der Waals surface area contributed by atoms with Crippen LogP contribution in [-0.4, -0.2) is 36.4 Å². The van der Waals surface area contributed by atoms with Crippen molar-refractivity contribution in [3.63, 3.8) is 0 Å². The van der Waals surface area contributed by atoms with Gasteiger partial charge >= 0.3 is 5.97 Å². The Morgan fingerprint density at radius 3 is 2.48 bits per heavy atom. The van der Waals surface area contributed by atoms with Crippen LogP contribution in [0.1, 0.15) is 72.6 Å². The van der Waals surface area contributed by atoms with E-state index in [-0.39, 0.29) is 0 Å². The number of ether oxygens (including phenoxy) is 1. The number of rotatable bonds is 14. The number of carboxylic acid groups (broad SMARTS) is 1. The molecule has 0 aliphatic rings. The second-order valence-corrected chi connectivity index (χ2v) is 6.12. The molecule has 0 aliphatic heterocycles. The van der Waals surface area contributed by atoms with Gasteiger partial charge in [0.05, 0.1) is 0 Å². The number of hydrogen-bond acceptors (Lipinski definition) is 3. The van der Waals surface area contributed by atoms with E-state index in [9.17, 15) is 9.90 Å². The molecular weight excluding hydrogens is 266 g/mol. The van der Waals surface area contributed by atoms with E-state index >= 15 is 0 Å². The number of unbranched alkanes of at least 4 members (excludes halogenated alkanes) is 2. The van der Waals surface area contributed by atoms with Gasteiger partial charge in [0.25, 0.3) is 0 Å². The second kappa shape index (κ2) is 12.0. The molecule has 0 spiro atoms. The molecule has 0 rings (SSSR count). The van der Waals surface area contributed by atoms with Gasteiger partial charge in [0.1, 0.15) is 5.54 Å². The summed E-state index contributed by atoms with van der Waals surface area (Å²) in [6.45, 7) is 10.4. The van der Waals surface area contributed by atoms with Gasteiger partial charge in [0, 0.05) is 13.2 Å². The number of carbonyl (C=O) groups is 1. The minimum Gasteiger partial charge on any atom is -0.480 e. The Labute approximate surface area is 130 Å². The molecule has 126 valence electrons. The average Bonchev–Trinajstić information content (AvgIpc) is 2.45. The van der Waals surface area contributed by atoms with Crippen molar-refractivity contribution < 1.29 is 14.6 Å². The monoisotopic (exact) mass is 301 g/mol. The summed E-state index contributed by atoms with van der Waals surface area (Å²) in [5.41, 5.74) is -0.804. The van der Waals surface area contributed by atoms with Crippen LogP contribution in [0.3, 0.4) is 0 Å². The van der Waals surface area contributed by atoms with Crippen molar-refractivity contribution in [3.8, 4) is 0 Å². The maximum Gasteiger partial charge on any atom is 0.323 e. The third-order valence-electron chi connectivity index (χ3n) is 4.15. The fourth-order valence-electron chi connectivity index (χ4n) is 2.49. The Kier molecular flexibility index (Phi) is 11.6. The highest BCUT2D eigenvalue weighted by molar-refractivity contribution is 5.78. The van der Waals surface area contributed by atoms with Crippen molar-refractivity contribution in [1.82, 2.24) is 5.32 Å². The SMILES string of the molecule is CCCCC(CC)COCCCCC(C)(NCC)C(=O)O. The molecule has 0 bridgehead atoms. The third-order valence-corrected chi connectivity index (χ3v) is 4.15. The first kappa shape index (κ1) is 20.4. The number of aliphatic carboxylic acids is 1. The Bertz CT molecular complexity index is 271. The summed E-state index contributed by atoms with van der Waals surface area (Å²) in [6.07, 6.45) is 7.41. The lowest BCUT2D eigenvalue weighted by Gasteiger charge is -2.25.